The van der Waals surface area contributed by atoms with Gasteiger partial charge in [0.15, 0.2) is 11.6 Å². The summed E-state index contributed by atoms with van der Waals surface area (Å²) in [7, 11) is 1.41. The summed E-state index contributed by atoms with van der Waals surface area (Å²) in [6.07, 6.45) is 1.08. The Morgan fingerprint density at radius 3 is 2.46 bits per heavy atom. The minimum Gasteiger partial charge on any atom is -0.492 e. The van der Waals surface area contributed by atoms with Crippen LogP contribution in [0.1, 0.15) is 19.3 Å². The molecule has 2 N–H and O–H groups in total. The summed E-state index contributed by atoms with van der Waals surface area (Å²) in [6.45, 7) is 3.15. The van der Waals surface area contributed by atoms with Gasteiger partial charge < -0.3 is 15.0 Å². The predicted octanol–water partition coefficient (Wildman–Crippen LogP) is 1.11. The maximum absolute atomic E-state index is 14.8. The fraction of sp³-hybridized carbons (Fsp3) is 0.500. The van der Waals surface area contributed by atoms with Gasteiger partial charge in [-0.2, -0.15) is 5.01 Å². The van der Waals surface area contributed by atoms with Gasteiger partial charge in [0.25, 0.3) is 0 Å². The van der Waals surface area contributed by atoms with E-state index in [2.05, 4.69) is 10.7 Å². The Labute approximate surface area is 139 Å². The molecule has 2 aliphatic rings. The van der Waals surface area contributed by atoms with E-state index in [4.69, 9.17) is 4.74 Å². The number of nitrogens with zero attached hydrogens (tertiary/aromatic N) is 2. The first-order chi connectivity index (χ1) is 11.6. The molecule has 2 saturated heterocycles. The third-order valence-electron chi connectivity index (χ3n) is 4.25. The molecule has 0 spiro atoms. The van der Waals surface area contributed by atoms with Crippen molar-refractivity contribution in [3.63, 3.8) is 0 Å². The lowest BCUT2D eigenvalue weighted by Gasteiger charge is -2.31. The zero-order valence-corrected chi connectivity index (χ0v) is 13.6. The maximum atomic E-state index is 14.8. The van der Waals surface area contributed by atoms with Crippen molar-refractivity contribution in [2.75, 3.05) is 43.6 Å². The van der Waals surface area contributed by atoms with Crippen LogP contribution in [-0.4, -0.2) is 50.1 Å². The van der Waals surface area contributed by atoms with Crippen molar-refractivity contribution >= 4 is 23.2 Å². The van der Waals surface area contributed by atoms with E-state index in [-0.39, 0.29) is 36.1 Å². The Bertz CT molecular complexity index is 630. The van der Waals surface area contributed by atoms with E-state index < -0.39 is 5.82 Å². The first-order valence-electron chi connectivity index (χ1n) is 8.06. The van der Waals surface area contributed by atoms with E-state index >= 15 is 0 Å². The number of hydrazine groups is 1. The number of carbonyl (C=O) groups is 2. The van der Waals surface area contributed by atoms with Crippen LogP contribution in [0.15, 0.2) is 12.1 Å². The molecule has 2 heterocycles. The molecule has 2 fully saturated rings. The number of amides is 2. The summed E-state index contributed by atoms with van der Waals surface area (Å²) >= 11 is 0. The van der Waals surface area contributed by atoms with Crippen LogP contribution in [0.2, 0.25) is 0 Å². The summed E-state index contributed by atoms with van der Waals surface area (Å²) in [6, 6.07) is 3.28. The third-order valence-corrected chi connectivity index (χ3v) is 4.25. The van der Waals surface area contributed by atoms with Gasteiger partial charge in [-0.3, -0.25) is 15.0 Å². The van der Waals surface area contributed by atoms with E-state index in [0.717, 1.165) is 31.2 Å². The zero-order chi connectivity index (χ0) is 17.1. The third kappa shape index (κ3) is 3.14. The quantitative estimate of drug-likeness (QED) is 0.803. The number of halogens is 1. The van der Waals surface area contributed by atoms with Gasteiger partial charge in [0, 0.05) is 39.0 Å². The SMILES string of the molecule is COc1c(N2CCNCC2)ccc(NN2C(=O)CCCC2=O)c1F. The lowest BCUT2D eigenvalue weighted by Crippen LogP contribution is -2.44. The number of hydrogen-bond donors (Lipinski definition) is 2. The zero-order valence-electron chi connectivity index (χ0n) is 13.6. The Hall–Kier alpha value is -2.35. The van der Waals surface area contributed by atoms with Gasteiger partial charge in [-0.25, -0.2) is 4.39 Å². The summed E-state index contributed by atoms with van der Waals surface area (Å²) < 4.78 is 20.1. The van der Waals surface area contributed by atoms with Crippen molar-refractivity contribution < 1.29 is 18.7 Å². The number of ether oxygens (including phenoxy) is 1. The Balaban J connectivity index is 1.86. The van der Waals surface area contributed by atoms with E-state index in [1.54, 1.807) is 6.07 Å². The lowest BCUT2D eigenvalue weighted by atomic mass is 10.1. The largest absolute Gasteiger partial charge is 0.492 e. The molecule has 8 heteroatoms. The highest BCUT2D eigenvalue weighted by molar-refractivity contribution is 5.98. The summed E-state index contributed by atoms with van der Waals surface area (Å²) in [5.74, 6) is -1.20. The van der Waals surface area contributed by atoms with Crippen molar-refractivity contribution in [2.45, 2.75) is 19.3 Å². The predicted molar refractivity (Wildman–Crippen MR) is 87.4 cm³/mol. The average molecular weight is 336 g/mol. The Kier molecular flexibility index (Phi) is 4.84. The van der Waals surface area contributed by atoms with E-state index in [1.165, 1.54) is 13.2 Å². The highest BCUT2D eigenvalue weighted by atomic mass is 19.1. The molecule has 0 saturated carbocycles. The molecular formula is C16H21FN4O3. The average Bonchev–Trinajstić information content (AvgIpc) is 2.60. The van der Waals surface area contributed by atoms with Crippen LogP contribution in [0.4, 0.5) is 15.8 Å². The van der Waals surface area contributed by atoms with Crippen LogP contribution >= 0.6 is 0 Å². The van der Waals surface area contributed by atoms with Crippen molar-refractivity contribution in [3.05, 3.63) is 17.9 Å². The Morgan fingerprint density at radius 2 is 1.83 bits per heavy atom. The Morgan fingerprint density at radius 1 is 1.17 bits per heavy atom. The molecule has 2 aliphatic heterocycles. The lowest BCUT2D eigenvalue weighted by molar-refractivity contribution is -0.146. The minimum absolute atomic E-state index is 0.0503. The molecule has 1 aromatic carbocycles. The van der Waals surface area contributed by atoms with Crippen LogP contribution in [0.25, 0.3) is 0 Å². The molecule has 24 heavy (non-hydrogen) atoms. The van der Waals surface area contributed by atoms with Gasteiger partial charge in [-0.05, 0) is 18.6 Å². The summed E-state index contributed by atoms with van der Waals surface area (Å²) in [4.78, 5) is 25.8. The second-order valence-corrected chi connectivity index (χ2v) is 5.80. The van der Waals surface area contributed by atoms with E-state index in [0.29, 0.717) is 12.1 Å². The van der Waals surface area contributed by atoms with Crippen LogP contribution in [0, 0.1) is 5.82 Å². The van der Waals surface area contributed by atoms with E-state index in [9.17, 15) is 14.0 Å². The van der Waals surface area contributed by atoms with Crippen LogP contribution in [-0.2, 0) is 9.59 Å². The molecule has 0 bridgehead atoms. The number of methoxy groups -OCH3 is 1. The topological polar surface area (TPSA) is 73.9 Å². The highest BCUT2D eigenvalue weighted by Crippen LogP contribution is 2.36. The van der Waals surface area contributed by atoms with Crippen molar-refractivity contribution in [2.24, 2.45) is 0 Å². The van der Waals surface area contributed by atoms with Crippen LogP contribution < -0.4 is 20.4 Å². The number of anilines is 2. The molecule has 0 aliphatic carbocycles. The number of benzene rings is 1. The number of hydrogen-bond acceptors (Lipinski definition) is 6. The molecule has 0 radical (unpaired) electrons. The molecule has 0 aromatic heterocycles. The fourth-order valence-corrected chi connectivity index (χ4v) is 2.98. The van der Waals surface area contributed by atoms with Gasteiger partial charge in [-0.1, -0.05) is 0 Å². The first kappa shape index (κ1) is 16.5. The summed E-state index contributed by atoms with van der Waals surface area (Å²) in [5, 5.41) is 4.14. The van der Waals surface area contributed by atoms with Crippen LogP contribution in [0.5, 0.6) is 5.75 Å². The monoisotopic (exact) mass is 336 g/mol. The maximum Gasteiger partial charge on any atom is 0.248 e. The summed E-state index contributed by atoms with van der Waals surface area (Å²) in [5.41, 5.74) is 3.32. The number of piperazine rings is 1. The second-order valence-electron chi connectivity index (χ2n) is 5.80. The molecule has 1 aromatic rings. The molecule has 2 amide bonds. The van der Waals surface area contributed by atoms with Crippen molar-refractivity contribution in [3.8, 4) is 5.75 Å². The van der Waals surface area contributed by atoms with Crippen molar-refractivity contribution in [1.82, 2.24) is 10.3 Å². The van der Waals surface area contributed by atoms with Gasteiger partial charge in [0.1, 0.15) is 0 Å². The molecular weight excluding hydrogens is 315 g/mol. The molecule has 7 nitrogen and oxygen atoms in total. The minimum atomic E-state index is -0.611. The molecule has 130 valence electrons. The number of rotatable bonds is 4. The van der Waals surface area contributed by atoms with Crippen molar-refractivity contribution in [1.29, 1.82) is 0 Å². The second kappa shape index (κ2) is 7.04. The smallest absolute Gasteiger partial charge is 0.248 e. The number of imide groups is 1. The number of nitrogens with one attached hydrogen (secondary N) is 2. The fourth-order valence-electron chi connectivity index (χ4n) is 2.98. The molecule has 3 rings (SSSR count). The van der Waals surface area contributed by atoms with Crippen LogP contribution in [0.3, 0.4) is 0 Å². The van der Waals surface area contributed by atoms with E-state index in [1.807, 2.05) is 4.90 Å². The molecule has 0 atom stereocenters. The van der Waals surface area contributed by atoms with Gasteiger partial charge >= 0.3 is 0 Å². The standard InChI is InChI=1S/C16H21FN4O3/c1-24-16-12(20-9-7-18-8-10-20)6-5-11(15(16)17)19-21-13(22)3-2-4-14(21)23/h5-6,18-19H,2-4,7-10H2,1H3. The number of carbonyl (C=O) groups excluding carboxylic acids is 2. The number of piperidine rings is 1. The van der Waals surface area contributed by atoms with Gasteiger partial charge in [-0.15, -0.1) is 0 Å². The molecule has 0 unspecified atom stereocenters. The first-order valence-corrected chi connectivity index (χ1v) is 8.06. The van der Waals surface area contributed by atoms with Gasteiger partial charge in [0.05, 0.1) is 18.5 Å². The normalized spacial score (nSPS) is 18.8. The van der Waals surface area contributed by atoms with Gasteiger partial charge in [0.2, 0.25) is 11.8 Å². The highest BCUT2D eigenvalue weighted by Gasteiger charge is 2.28.